The summed E-state index contributed by atoms with van der Waals surface area (Å²) in [4.78, 5) is 12.7. The second-order valence-electron chi connectivity index (χ2n) is 7.51. The highest BCUT2D eigenvalue weighted by Gasteiger charge is 2.30. The second kappa shape index (κ2) is 10.2. The van der Waals surface area contributed by atoms with Gasteiger partial charge in [0.2, 0.25) is 5.91 Å². The van der Waals surface area contributed by atoms with Crippen LogP contribution in [0.4, 0.5) is 5.69 Å². The Hall–Kier alpha value is -1.69. The van der Waals surface area contributed by atoms with Crippen molar-refractivity contribution in [3.63, 3.8) is 0 Å². The third kappa shape index (κ3) is 5.66. The van der Waals surface area contributed by atoms with E-state index in [0.29, 0.717) is 16.7 Å². The van der Waals surface area contributed by atoms with Gasteiger partial charge < -0.3 is 11.1 Å². The maximum atomic E-state index is 12.7. The summed E-state index contributed by atoms with van der Waals surface area (Å²) in [6.45, 7) is 1.71. The Morgan fingerprint density at radius 1 is 1.11 bits per heavy atom. The van der Waals surface area contributed by atoms with Gasteiger partial charge in [0.1, 0.15) is 5.54 Å². The normalized spacial score (nSPS) is 17.8. The molecule has 2 aromatic rings. The molecule has 1 amide bonds. The molecule has 2 atom stereocenters. The molecule has 3 rings (SSSR count). The van der Waals surface area contributed by atoms with Gasteiger partial charge in [-0.15, -0.1) is 12.4 Å². The van der Waals surface area contributed by atoms with E-state index >= 15 is 0 Å². The van der Waals surface area contributed by atoms with Crippen molar-refractivity contribution in [1.29, 1.82) is 0 Å². The lowest BCUT2D eigenvalue weighted by Gasteiger charge is -2.24. The van der Waals surface area contributed by atoms with Gasteiger partial charge in [0.15, 0.2) is 0 Å². The van der Waals surface area contributed by atoms with Crippen LogP contribution in [0.2, 0.25) is 0 Å². The first-order valence-electron chi connectivity index (χ1n) is 9.59. The van der Waals surface area contributed by atoms with Crippen LogP contribution in [0.3, 0.4) is 0 Å². The van der Waals surface area contributed by atoms with Crippen molar-refractivity contribution in [2.24, 2.45) is 5.73 Å². The van der Waals surface area contributed by atoms with Gasteiger partial charge in [-0.25, -0.2) is 0 Å². The predicted octanol–water partition coefficient (Wildman–Crippen LogP) is 4.50. The van der Waals surface area contributed by atoms with E-state index in [1.54, 1.807) is 6.92 Å². The van der Waals surface area contributed by atoms with Crippen molar-refractivity contribution in [3.05, 3.63) is 65.7 Å². The van der Waals surface area contributed by atoms with E-state index in [0.717, 1.165) is 24.0 Å². The Labute approximate surface area is 176 Å². The Morgan fingerprint density at radius 2 is 1.79 bits per heavy atom. The number of benzene rings is 2. The average molecular weight is 421 g/mol. The molecular weight excluding hydrogens is 392 g/mol. The van der Waals surface area contributed by atoms with Crippen LogP contribution >= 0.6 is 12.4 Å². The zero-order valence-electron chi connectivity index (χ0n) is 16.2. The van der Waals surface area contributed by atoms with E-state index in [2.05, 4.69) is 5.32 Å². The molecule has 0 heterocycles. The molecule has 0 spiro atoms. The minimum Gasteiger partial charge on any atom is -0.324 e. The molecule has 6 heteroatoms. The number of nitrogens with one attached hydrogen (secondary N) is 1. The van der Waals surface area contributed by atoms with Gasteiger partial charge in [0.05, 0.1) is 0 Å². The van der Waals surface area contributed by atoms with Gasteiger partial charge in [0, 0.05) is 27.5 Å². The second-order valence-corrected chi connectivity index (χ2v) is 9.22. The van der Waals surface area contributed by atoms with Crippen LogP contribution in [0.1, 0.15) is 50.2 Å². The Kier molecular flexibility index (Phi) is 8.23. The fourth-order valence-electron chi connectivity index (χ4n) is 3.53. The fraction of sp³-hybridized carbons (Fsp3) is 0.409. The molecule has 1 fully saturated rings. The van der Waals surface area contributed by atoms with Crippen molar-refractivity contribution in [2.75, 3.05) is 5.32 Å². The quantitative estimate of drug-likeness (QED) is 0.722. The minimum atomic E-state index is -1.12. The summed E-state index contributed by atoms with van der Waals surface area (Å²) in [6.07, 6.45) is 5.74. The van der Waals surface area contributed by atoms with Gasteiger partial charge >= 0.3 is 0 Å². The lowest BCUT2D eigenvalue weighted by Crippen LogP contribution is -2.45. The molecule has 1 aliphatic carbocycles. The Balaban J connectivity index is 0.00000280. The van der Waals surface area contributed by atoms with Crippen molar-refractivity contribution in [1.82, 2.24) is 0 Å². The van der Waals surface area contributed by atoms with Crippen LogP contribution in [0.25, 0.3) is 0 Å². The van der Waals surface area contributed by atoms with Crippen LogP contribution < -0.4 is 11.1 Å². The summed E-state index contributed by atoms with van der Waals surface area (Å²) in [6, 6.07) is 16.9. The molecule has 28 heavy (non-hydrogen) atoms. The topological polar surface area (TPSA) is 72.2 Å². The third-order valence-electron chi connectivity index (χ3n) is 5.26. The zero-order valence-corrected chi connectivity index (χ0v) is 17.9. The zero-order chi connectivity index (χ0) is 19.3. The van der Waals surface area contributed by atoms with Gasteiger partial charge in [-0.1, -0.05) is 61.7 Å². The number of halogens is 1. The van der Waals surface area contributed by atoms with E-state index in [4.69, 9.17) is 5.73 Å². The van der Waals surface area contributed by atoms with E-state index < -0.39 is 16.3 Å². The first kappa shape index (κ1) is 22.6. The molecular formula is C22H29ClN2O2S. The molecule has 3 N–H and O–H groups in total. The van der Waals surface area contributed by atoms with Crippen LogP contribution in [0.5, 0.6) is 0 Å². The molecule has 152 valence electrons. The summed E-state index contributed by atoms with van der Waals surface area (Å²) < 4.78 is 12.6. The maximum Gasteiger partial charge on any atom is 0.248 e. The molecule has 2 unspecified atom stereocenters. The lowest BCUT2D eigenvalue weighted by atomic mass is 9.92. The predicted molar refractivity (Wildman–Crippen MR) is 119 cm³/mol. The molecule has 2 aromatic carbocycles. The number of hydrogen-bond acceptors (Lipinski definition) is 3. The smallest absolute Gasteiger partial charge is 0.248 e. The van der Waals surface area contributed by atoms with Crippen molar-refractivity contribution in [3.8, 4) is 0 Å². The van der Waals surface area contributed by atoms with Crippen molar-refractivity contribution < 1.29 is 9.00 Å². The minimum absolute atomic E-state index is 0. The van der Waals surface area contributed by atoms with E-state index in [-0.39, 0.29) is 18.3 Å². The molecule has 4 nitrogen and oxygen atoms in total. The van der Waals surface area contributed by atoms with Crippen molar-refractivity contribution >= 4 is 34.8 Å². The molecule has 1 aliphatic rings. The highest BCUT2D eigenvalue weighted by atomic mass is 35.5. The summed E-state index contributed by atoms with van der Waals surface area (Å²) in [5.41, 5.74) is 7.59. The summed E-state index contributed by atoms with van der Waals surface area (Å²) >= 11 is 0. The van der Waals surface area contributed by atoms with Gasteiger partial charge in [-0.05, 0) is 43.0 Å². The number of carbonyl (C=O) groups excluding carboxylic acids is 1. The first-order valence-corrected chi connectivity index (χ1v) is 11.0. The highest BCUT2D eigenvalue weighted by molar-refractivity contribution is 7.84. The first-order chi connectivity index (χ1) is 13.0. The largest absolute Gasteiger partial charge is 0.324 e. The molecule has 0 aromatic heterocycles. The van der Waals surface area contributed by atoms with Crippen molar-refractivity contribution in [2.45, 2.75) is 55.6 Å². The number of nitrogens with two attached hydrogens (primary N) is 1. The summed E-state index contributed by atoms with van der Waals surface area (Å²) in [7, 11) is -0.863. The Morgan fingerprint density at radius 3 is 2.46 bits per heavy atom. The molecule has 1 saturated carbocycles. The summed E-state index contributed by atoms with van der Waals surface area (Å²) in [5.74, 6) is 0.270. The van der Waals surface area contributed by atoms with E-state index in [1.807, 2.05) is 54.6 Å². The average Bonchev–Trinajstić information content (AvgIpc) is 2.69. The molecule has 0 saturated heterocycles. The van der Waals surface area contributed by atoms with E-state index in [1.165, 1.54) is 19.3 Å². The van der Waals surface area contributed by atoms with Gasteiger partial charge in [-0.3, -0.25) is 9.00 Å². The number of amides is 1. The summed E-state index contributed by atoms with van der Waals surface area (Å²) in [5, 5.41) is 3.22. The van der Waals surface area contributed by atoms with Crippen LogP contribution in [0, 0.1) is 0 Å². The number of anilines is 1. The number of rotatable bonds is 6. The molecule has 0 aliphatic heterocycles. The standard InChI is InChI=1S/C22H28N2O2S.ClH/c1-22(23,18-10-4-2-5-11-18)21(25)24-19-12-8-9-17(15-19)16-27(26)20-13-6-3-7-14-20;/h2,4-5,8-12,15,20H,3,6-7,13-14,16,23H2,1H3,(H,24,25);1H. The maximum absolute atomic E-state index is 12.7. The number of carbonyl (C=O) groups is 1. The van der Waals surface area contributed by atoms with Gasteiger partial charge in [0.25, 0.3) is 0 Å². The fourth-order valence-corrected chi connectivity index (χ4v) is 5.13. The Bertz CT molecular complexity index is 805. The highest BCUT2D eigenvalue weighted by Crippen LogP contribution is 2.25. The molecule has 0 radical (unpaired) electrons. The molecule has 0 bridgehead atoms. The van der Waals surface area contributed by atoms with E-state index in [9.17, 15) is 9.00 Å². The monoisotopic (exact) mass is 420 g/mol. The van der Waals surface area contributed by atoms with Crippen LogP contribution in [0.15, 0.2) is 54.6 Å². The van der Waals surface area contributed by atoms with Gasteiger partial charge in [-0.2, -0.15) is 0 Å². The SMILES string of the molecule is CC(N)(C(=O)Nc1cccc(CS(=O)C2CCCCC2)c1)c1ccccc1.Cl. The van der Waals surface area contributed by atoms with Crippen LogP contribution in [-0.4, -0.2) is 15.4 Å². The number of hydrogen-bond donors (Lipinski definition) is 2. The third-order valence-corrected chi connectivity index (χ3v) is 7.10. The lowest BCUT2D eigenvalue weighted by molar-refractivity contribution is -0.120. The van der Waals surface area contributed by atoms with Crippen LogP contribution in [-0.2, 0) is 26.9 Å².